The lowest BCUT2D eigenvalue weighted by molar-refractivity contribution is 0.124. The summed E-state index contributed by atoms with van der Waals surface area (Å²) in [5, 5.41) is 3.66. The molecule has 2 unspecified atom stereocenters. The third-order valence-electron chi connectivity index (χ3n) is 4.65. The van der Waals surface area contributed by atoms with Crippen LogP contribution in [0.15, 0.2) is 0 Å². The van der Waals surface area contributed by atoms with Gasteiger partial charge in [0.25, 0.3) is 0 Å². The molecule has 2 aliphatic rings. The molecule has 1 aliphatic heterocycles. The summed E-state index contributed by atoms with van der Waals surface area (Å²) in [6.45, 7) is 7.35. The standard InChI is InChI=1S/C14H28N2/c1-14(2)9-6-8-13(14)16(3)11-12-7-4-5-10-15-12/h12-13,15H,4-11H2,1-3H3. The lowest BCUT2D eigenvalue weighted by Gasteiger charge is -2.38. The fourth-order valence-electron chi connectivity index (χ4n) is 3.68. The van der Waals surface area contributed by atoms with Crippen molar-refractivity contribution in [1.82, 2.24) is 10.2 Å². The Hall–Kier alpha value is -0.0800. The second kappa shape index (κ2) is 5.05. The molecule has 0 amide bonds. The minimum Gasteiger partial charge on any atom is -0.313 e. The van der Waals surface area contributed by atoms with Crippen molar-refractivity contribution >= 4 is 0 Å². The molecule has 2 nitrogen and oxygen atoms in total. The zero-order chi connectivity index (χ0) is 11.6. The van der Waals surface area contributed by atoms with E-state index in [1.807, 2.05) is 0 Å². The maximum atomic E-state index is 3.66. The first-order valence-corrected chi connectivity index (χ1v) is 7.03. The molecule has 2 rings (SSSR count). The van der Waals surface area contributed by atoms with Crippen LogP contribution in [0, 0.1) is 5.41 Å². The Morgan fingerprint density at radius 2 is 2.00 bits per heavy atom. The molecule has 1 saturated heterocycles. The van der Waals surface area contributed by atoms with Gasteiger partial charge in [-0.3, -0.25) is 0 Å². The molecule has 94 valence electrons. The van der Waals surface area contributed by atoms with Crippen LogP contribution in [0.5, 0.6) is 0 Å². The minimum absolute atomic E-state index is 0.531. The Labute approximate surface area is 101 Å². The summed E-state index contributed by atoms with van der Waals surface area (Å²) in [5.41, 5.74) is 0.531. The van der Waals surface area contributed by atoms with Gasteiger partial charge >= 0.3 is 0 Å². The average Bonchev–Trinajstić information content (AvgIpc) is 2.59. The normalized spacial score (nSPS) is 34.5. The molecule has 0 spiro atoms. The monoisotopic (exact) mass is 224 g/mol. The average molecular weight is 224 g/mol. The van der Waals surface area contributed by atoms with Crippen molar-refractivity contribution in [2.45, 2.75) is 64.5 Å². The highest BCUT2D eigenvalue weighted by molar-refractivity contribution is 4.92. The third-order valence-corrected chi connectivity index (χ3v) is 4.65. The molecular formula is C14H28N2. The number of hydrogen-bond donors (Lipinski definition) is 1. The highest BCUT2D eigenvalue weighted by Gasteiger charge is 2.37. The lowest BCUT2D eigenvalue weighted by atomic mass is 9.86. The Morgan fingerprint density at radius 3 is 2.56 bits per heavy atom. The summed E-state index contributed by atoms with van der Waals surface area (Å²) in [7, 11) is 2.33. The second-order valence-electron chi connectivity index (χ2n) is 6.48. The molecule has 0 bridgehead atoms. The summed E-state index contributed by atoms with van der Waals surface area (Å²) in [6.07, 6.45) is 8.38. The van der Waals surface area contributed by atoms with Gasteiger partial charge in [0.1, 0.15) is 0 Å². The molecule has 2 atom stereocenters. The van der Waals surface area contributed by atoms with Gasteiger partial charge in [-0.15, -0.1) is 0 Å². The van der Waals surface area contributed by atoms with Gasteiger partial charge in [-0.2, -0.15) is 0 Å². The third kappa shape index (κ3) is 2.78. The lowest BCUT2D eigenvalue weighted by Crippen LogP contribution is -2.48. The van der Waals surface area contributed by atoms with Crippen molar-refractivity contribution < 1.29 is 0 Å². The molecule has 0 radical (unpaired) electrons. The molecule has 2 heteroatoms. The number of nitrogens with one attached hydrogen (secondary N) is 1. The van der Waals surface area contributed by atoms with Crippen molar-refractivity contribution in [3.8, 4) is 0 Å². The molecule has 16 heavy (non-hydrogen) atoms. The molecule has 1 aliphatic carbocycles. The molecule has 1 N–H and O–H groups in total. The van der Waals surface area contributed by atoms with Crippen LogP contribution in [-0.4, -0.2) is 37.1 Å². The number of rotatable bonds is 3. The van der Waals surface area contributed by atoms with Crippen molar-refractivity contribution in [2.24, 2.45) is 5.41 Å². The smallest absolute Gasteiger partial charge is 0.0195 e. The van der Waals surface area contributed by atoms with E-state index in [-0.39, 0.29) is 0 Å². The van der Waals surface area contributed by atoms with E-state index in [2.05, 4.69) is 31.1 Å². The summed E-state index contributed by atoms with van der Waals surface area (Å²) in [5.74, 6) is 0. The Bertz CT molecular complexity index is 219. The van der Waals surface area contributed by atoms with E-state index >= 15 is 0 Å². The number of likely N-dealkylation sites (N-methyl/N-ethyl adjacent to an activating group) is 1. The fourth-order valence-corrected chi connectivity index (χ4v) is 3.68. The fraction of sp³-hybridized carbons (Fsp3) is 1.00. The summed E-state index contributed by atoms with van der Waals surface area (Å²) in [4.78, 5) is 2.62. The minimum atomic E-state index is 0.531. The number of piperidine rings is 1. The highest BCUT2D eigenvalue weighted by Crippen LogP contribution is 2.40. The Morgan fingerprint density at radius 1 is 1.19 bits per heavy atom. The van der Waals surface area contributed by atoms with Crippen LogP contribution >= 0.6 is 0 Å². The maximum absolute atomic E-state index is 3.66. The summed E-state index contributed by atoms with van der Waals surface area (Å²) < 4.78 is 0. The van der Waals surface area contributed by atoms with E-state index in [1.54, 1.807) is 0 Å². The largest absolute Gasteiger partial charge is 0.313 e. The van der Waals surface area contributed by atoms with Gasteiger partial charge in [0.05, 0.1) is 0 Å². The van der Waals surface area contributed by atoms with Gasteiger partial charge in [-0.05, 0) is 44.7 Å². The van der Waals surface area contributed by atoms with E-state index in [9.17, 15) is 0 Å². The highest BCUT2D eigenvalue weighted by atomic mass is 15.2. The van der Waals surface area contributed by atoms with Crippen LogP contribution in [-0.2, 0) is 0 Å². The van der Waals surface area contributed by atoms with Gasteiger partial charge in [0.2, 0.25) is 0 Å². The van der Waals surface area contributed by atoms with Crippen molar-refractivity contribution in [3.63, 3.8) is 0 Å². The van der Waals surface area contributed by atoms with Crippen molar-refractivity contribution in [2.75, 3.05) is 20.1 Å². The molecule has 1 heterocycles. The van der Waals surface area contributed by atoms with E-state index in [4.69, 9.17) is 0 Å². The van der Waals surface area contributed by atoms with E-state index in [0.717, 1.165) is 12.1 Å². The molecule has 1 saturated carbocycles. The van der Waals surface area contributed by atoms with Crippen LogP contribution in [0.3, 0.4) is 0 Å². The Kier molecular flexibility index (Phi) is 3.91. The number of hydrogen-bond acceptors (Lipinski definition) is 2. The SMILES string of the molecule is CN(CC1CCCCN1)C1CCCC1(C)C. The van der Waals surface area contributed by atoms with E-state index in [0.29, 0.717) is 5.41 Å². The first-order valence-electron chi connectivity index (χ1n) is 7.03. The van der Waals surface area contributed by atoms with Gasteiger partial charge in [-0.25, -0.2) is 0 Å². The Balaban J connectivity index is 1.84. The van der Waals surface area contributed by atoms with Gasteiger partial charge in [0, 0.05) is 18.6 Å². The van der Waals surface area contributed by atoms with Crippen molar-refractivity contribution in [3.05, 3.63) is 0 Å². The summed E-state index contributed by atoms with van der Waals surface area (Å²) >= 11 is 0. The molecular weight excluding hydrogens is 196 g/mol. The van der Waals surface area contributed by atoms with E-state index < -0.39 is 0 Å². The van der Waals surface area contributed by atoms with E-state index in [1.165, 1.54) is 51.6 Å². The molecule has 2 fully saturated rings. The van der Waals surface area contributed by atoms with Gasteiger partial charge in [0.15, 0.2) is 0 Å². The molecule has 0 aromatic rings. The second-order valence-corrected chi connectivity index (χ2v) is 6.48. The van der Waals surface area contributed by atoms with Crippen LogP contribution in [0.1, 0.15) is 52.4 Å². The first kappa shape index (κ1) is 12.4. The van der Waals surface area contributed by atoms with Crippen LogP contribution < -0.4 is 5.32 Å². The van der Waals surface area contributed by atoms with Gasteiger partial charge in [-0.1, -0.05) is 26.7 Å². The molecule has 0 aromatic heterocycles. The zero-order valence-corrected chi connectivity index (χ0v) is 11.3. The van der Waals surface area contributed by atoms with Crippen LogP contribution in [0.4, 0.5) is 0 Å². The topological polar surface area (TPSA) is 15.3 Å². The predicted octanol–water partition coefficient (Wildman–Crippen LogP) is 2.64. The predicted molar refractivity (Wildman–Crippen MR) is 69.7 cm³/mol. The maximum Gasteiger partial charge on any atom is 0.0195 e. The first-order chi connectivity index (χ1) is 7.59. The summed E-state index contributed by atoms with van der Waals surface area (Å²) in [6, 6.07) is 1.55. The van der Waals surface area contributed by atoms with Crippen molar-refractivity contribution in [1.29, 1.82) is 0 Å². The van der Waals surface area contributed by atoms with Crippen LogP contribution in [0.25, 0.3) is 0 Å². The zero-order valence-electron chi connectivity index (χ0n) is 11.3. The van der Waals surface area contributed by atoms with Gasteiger partial charge < -0.3 is 10.2 Å². The quantitative estimate of drug-likeness (QED) is 0.793. The number of nitrogens with zero attached hydrogens (tertiary/aromatic N) is 1. The molecule has 0 aromatic carbocycles. The van der Waals surface area contributed by atoms with Crippen LogP contribution in [0.2, 0.25) is 0 Å².